The number of para-hydroxylation sites is 1. The van der Waals surface area contributed by atoms with Crippen LogP contribution < -0.4 is 9.64 Å². The number of fused-ring (bicyclic) bond motifs is 1. The maximum atomic E-state index is 13.8. The number of methoxy groups -OCH3 is 1. The average molecular weight is 424 g/mol. The van der Waals surface area contributed by atoms with Crippen molar-refractivity contribution in [3.05, 3.63) is 35.2 Å². The predicted octanol–water partition coefficient (Wildman–Crippen LogP) is 4.03. The number of morpholine rings is 1. The zero-order chi connectivity index (χ0) is 20.7. The first-order valence-electron chi connectivity index (χ1n) is 9.16. The van der Waals surface area contributed by atoms with E-state index in [1.54, 1.807) is 24.3 Å². The highest BCUT2D eigenvalue weighted by Gasteiger charge is 2.27. The minimum atomic E-state index is -2.83. The molecule has 0 N–H and O–H groups in total. The molecule has 0 amide bonds. The Balaban J connectivity index is 1.88. The van der Waals surface area contributed by atoms with Gasteiger partial charge in [0.2, 0.25) is 5.95 Å². The first-order chi connectivity index (χ1) is 13.9. The van der Waals surface area contributed by atoms with Crippen molar-refractivity contribution in [3.8, 4) is 11.7 Å². The average Bonchev–Trinajstić information content (AvgIpc) is 3.06. The second-order valence-corrected chi connectivity index (χ2v) is 7.33. The predicted molar refractivity (Wildman–Crippen MR) is 105 cm³/mol. The highest BCUT2D eigenvalue weighted by molar-refractivity contribution is 6.29. The number of halogens is 3. The van der Waals surface area contributed by atoms with E-state index in [4.69, 9.17) is 21.1 Å². The van der Waals surface area contributed by atoms with E-state index >= 15 is 0 Å². The van der Waals surface area contributed by atoms with Crippen LogP contribution in [0.15, 0.2) is 24.3 Å². The summed E-state index contributed by atoms with van der Waals surface area (Å²) in [7, 11) is 1.46. The molecule has 0 aliphatic carbocycles. The van der Waals surface area contributed by atoms with Gasteiger partial charge in [-0.1, -0.05) is 17.7 Å². The summed E-state index contributed by atoms with van der Waals surface area (Å²) < 4.78 is 39.9. The van der Waals surface area contributed by atoms with Gasteiger partial charge in [-0.3, -0.25) is 4.57 Å². The van der Waals surface area contributed by atoms with Crippen molar-refractivity contribution < 1.29 is 18.3 Å². The summed E-state index contributed by atoms with van der Waals surface area (Å²) in [5, 5.41) is 0.154. The molecular formula is C19H20ClF2N5O2. The summed E-state index contributed by atoms with van der Waals surface area (Å²) in [4.78, 5) is 14.8. The monoisotopic (exact) mass is 423 g/mol. The number of alkyl halides is 2. The number of hydrogen-bond donors (Lipinski definition) is 0. The van der Waals surface area contributed by atoms with Crippen molar-refractivity contribution in [2.45, 2.75) is 32.5 Å². The number of nitrogens with zero attached hydrogens (tertiary/aromatic N) is 5. The molecule has 0 saturated carbocycles. The lowest BCUT2D eigenvalue weighted by atomic mass is 10.2. The third kappa shape index (κ3) is 3.72. The normalized spacial score (nSPS) is 19.9. The van der Waals surface area contributed by atoms with Gasteiger partial charge in [-0.2, -0.15) is 4.98 Å². The van der Waals surface area contributed by atoms with Crippen LogP contribution in [0, 0.1) is 0 Å². The van der Waals surface area contributed by atoms with Crippen molar-refractivity contribution in [1.29, 1.82) is 0 Å². The third-order valence-electron chi connectivity index (χ3n) is 4.70. The van der Waals surface area contributed by atoms with Gasteiger partial charge in [0.1, 0.15) is 22.2 Å². The second-order valence-electron chi connectivity index (χ2n) is 6.95. The first kappa shape index (κ1) is 19.8. The highest BCUT2D eigenvalue weighted by Crippen LogP contribution is 2.32. The van der Waals surface area contributed by atoms with Gasteiger partial charge in [-0.25, -0.2) is 18.7 Å². The highest BCUT2D eigenvalue weighted by atomic mass is 35.5. The van der Waals surface area contributed by atoms with Crippen LogP contribution in [0.25, 0.3) is 17.0 Å². The Kier molecular flexibility index (Phi) is 5.26. The van der Waals surface area contributed by atoms with Gasteiger partial charge in [0.15, 0.2) is 5.82 Å². The molecule has 2 aromatic heterocycles. The molecule has 0 spiro atoms. The molecule has 3 heterocycles. The molecule has 0 bridgehead atoms. The summed E-state index contributed by atoms with van der Waals surface area (Å²) in [6.07, 6.45) is -2.82. The number of aromatic nitrogens is 4. The molecule has 1 aliphatic rings. The topological polar surface area (TPSA) is 65.3 Å². The molecule has 1 aromatic carbocycles. The molecule has 4 rings (SSSR count). The Hall–Kier alpha value is -2.52. The van der Waals surface area contributed by atoms with E-state index < -0.39 is 12.2 Å². The van der Waals surface area contributed by atoms with E-state index in [2.05, 4.69) is 15.0 Å². The SMILES string of the molecule is COc1cccc2c1nc(C(F)F)n2-c1nc(Cl)cc(N2C[C@@H](C)O[C@@H](C)C2)n1. The molecular weight excluding hydrogens is 404 g/mol. The van der Waals surface area contributed by atoms with E-state index in [-0.39, 0.29) is 23.3 Å². The number of rotatable bonds is 4. The Morgan fingerprint density at radius 1 is 1.17 bits per heavy atom. The van der Waals surface area contributed by atoms with Gasteiger partial charge in [-0.15, -0.1) is 0 Å². The van der Waals surface area contributed by atoms with Crippen molar-refractivity contribution in [2.75, 3.05) is 25.1 Å². The maximum absolute atomic E-state index is 13.8. The lowest BCUT2D eigenvalue weighted by molar-refractivity contribution is -0.00546. The number of anilines is 1. The molecule has 10 heteroatoms. The largest absolute Gasteiger partial charge is 0.494 e. The fourth-order valence-electron chi connectivity index (χ4n) is 3.63. The third-order valence-corrected chi connectivity index (χ3v) is 4.90. The van der Waals surface area contributed by atoms with Gasteiger partial charge in [0.25, 0.3) is 6.43 Å². The summed E-state index contributed by atoms with van der Waals surface area (Å²) in [5.41, 5.74) is 0.723. The van der Waals surface area contributed by atoms with Crippen LogP contribution in [0.1, 0.15) is 26.1 Å². The fourth-order valence-corrected chi connectivity index (χ4v) is 3.81. The van der Waals surface area contributed by atoms with Crippen molar-refractivity contribution >= 4 is 28.5 Å². The van der Waals surface area contributed by atoms with Crippen molar-refractivity contribution in [2.24, 2.45) is 0 Å². The Morgan fingerprint density at radius 3 is 2.55 bits per heavy atom. The van der Waals surface area contributed by atoms with Crippen LogP contribution in [0.2, 0.25) is 5.15 Å². The Bertz CT molecular complexity index is 1030. The van der Waals surface area contributed by atoms with Crippen LogP contribution in [0.3, 0.4) is 0 Å². The van der Waals surface area contributed by atoms with Crippen LogP contribution in [-0.4, -0.2) is 51.9 Å². The van der Waals surface area contributed by atoms with E-state index in [0.29, 0.717) is 35.7 Å². The van der Waals surface area contributed by atoms with Crippen molar-refractivity contribution in [3.63, 3.8) is 0 Å². The summed E-state index contributed by atoms with van der Waals surface area (Å²) in [6, 6.07) is 6.65. The molecule has 29 heavy (non-hydrogen) atoms. The first-order valence-corrected chi connectivity index (χ1v) is 9.54. The van der Waals surface area contributed by atoms with Gasteiger partial charge in [-0.05, 0) is 26.0 Å². The smallest absolute Gasteiger partial charge is 0.296 e. The standard InChI is InChI=1S/C19H20ClF2N5O2/c1-10-8-26(9-11(2)29-10)15-7-14(20)23-19(24-15)27-12-5-4-6-13(28-3)16(12)25-18(27)17(21)22/h4-7,10-11,17H,8-9H2,1-3H3/t10-,11+. The number of ether oxygens (including phenoxy) is 2. The molecule has 0 radical (unpaired) electrons. The molecule has 1 fully saturated rings. The summed E-state index contributed by atoms with van der Waals surface area (Å²) >= 11 is 6.25. The summed E-state index contributed by atoms with van der Waals surface area (Å²) in [5.74, 6) is 0.500. The van der Waals surface area contributed by atoms with Gasteiger partial charge in [0.05, 0.1) is 24.8 Å². The maximum Gasteiger partial charge on any atom is 0.296 e. The number of benzene rings is 1. The quantitative estimate of drug-likeness (QED) is 0.590. The minimum Gasteiger partial charge on any atom is -0.494 e. The van der Waals surface area contributed by atoms with Crippen LogP contribution in [0.5, 0.6) is 5.75 Å². The number of imidazole rings is 1. The van der Waals surface area contributed by atoms with Gasteiger partial charge < -0.3 is 14.4 Å². The number of hydrogen-bond acceptors (Lipinski definition) is 6. The van der Waals surface area contributed by atoms with E-state index in [9.17, 15) is 8.78 Å². The lowest BCUT2D eigenvalue weighted by Crippen LogP contribution is -2.46. The zero-order valence-corrected chi connectivity index (χ0v) is 16.9. The molecule has 7 nitrogen and oxygen atoms in total. The van der Waals surface area contributed by atoms with Crippen LogP contribution in [-0.2, 0) is 4.74 Å². The van der Waals surface area contributed by atoms with E-state index in [1.807, 2.05) is 18.7 Å². The van der Waals surface area contributed by atoms with E-state index in [0.717, 1.165) is 0 Å². The molecule has 154 valence electrons. The lowest BCUT2D eigenvalue weighted by Gasteiger charge is -2.36. The minimum absolute atomic E-state index is 0.00546. The second kappa shape index (κ2) is 7.72. The Labute approximate surface area is 171 Å². The molecule has 3 aromatic rings. The van der Waals surface area contributed by atoms with Gasteiger partial charge in [0, 0.05) is 19.2 Å². The van der Waals surface area contributed by atoms with Crippen LogP contribution in [0.4, 0.5) is 14.6 Å². The van der Waals surface area contributed by atoms with Crippen molar-refractivity contribution in [1.82, 2.24) is 19.5 Å². The van der Waals surface area contributed by atoms with E-state index in [1.165, 1.54) is 11.7 Å². The van der Waals surface area contributed by atoms with Crippen LogP contribution >= 0.6 is 11.6 Å². The molecule has 1 saturated heterocycles. The fraction of sp³-hybridized carbons (Fsp3) is 0.421. The molecule has 0 unspecified atom stereocenters. The Morgan fingerprint density at radius 2 is 1.90 bits per heavy atom. The molecule has 1 aliphatic heterocycles. The summed E-state index contributed by atoms with van der Waals surface area (Å²) in [6.45, 7) is 5.16. The zero-order valence-electron chi connectivity index (χ0n) is 16.1. The van der Waals surface area contributed by atoms with Gasteiger partial charge >= 0.3 is 0 Å². The molecule has 2 atom stereocenters.